The Hall–Kier alpha value is -2.96. The van der Waals surface area contributed by atoms with E-state index in [1.54, 1.807) is 37.6 Å². The van der Waals surface area contributed by atoms with Crippen LogP contribution in [-0.4, -0.2) is 33.5 Å². The van der Waals surface area contributed by atoms with Crippen molar-refractivity contribution in [2.45, 2.75) is 32.9 Å². The van der Waals surface area contributed by atoms with Crippen molar-refractivity contribution < 1.29 is 14.5 Å². The Bertz CT molecular complexity index is 770. The predicted molar refractivity (Wildman–Crippen MR) is 94.0 cm³/mol. The first kappa shape index (κ1) is 18.4. The summed E-state index contributed by atoms with van der Waals surface area (Å²) in [5, 5.41) is 11.1. The number of nitro benzene ring substituents is 1. The molecule has 0 spiro atoms. The molecular weight excluding hydrogens is 322 g/mol. The van der Waals surface area contributed by atoms with Gasteiger partial charge in [-0.05, 0) is 50.1 Å². The van der Waals surface area contributed by atoms with Crippen LogP contribution in [-0.2, 0) is 11.3 Å². The van der Waals surface area contributed by atoms with Crippen molar-refractivity contribution in [1.82, 2.24) is 9.88 Å². The zero-order valence-corrected chi connectivity index (χ0v) is 14.7. The number of nitrogens with zero attached hydrogens (tertiary/aromatic N) is 3. The van der Waals surface area contributed by atoms with E-state index in [1.807, 2.05) is 20.8 Å². The summed E-state index contributed by atoms with van der Waals surface area (Å²) in [6.07, 6.45) is 2.79. The second-order valence-corrected chi connectivity index (χ2v) is 6.62. The molecule has 1 aromatic carbocycles. The number of non-ortho nitro benzene ring substituents is 1. The van der Waals surface area contributed by atoms with Crippen LogP contribution >= 0.6 is 0 Å². The van der Waals surface area contributed by atoms with Gasteiger partial charge in [0.25, 0.3) is 5.69 Å². The lowest BCUT2D eigenvalue weighted by Crippen LogP contribution is -2.42. The number of nitro groups is 1. The first-order valence-electron chi connectivity index (χ1n) is 7.78. The van der Waals surface area contributed by atoms with Crippen molar-refractivity contribution in [3.63, 3.8) is 0 Å². The van der Waals surface area contributed by atoms with Gasteiger partial charge in [0.05, 0.1) is 4.92 Å². The highest BCUT2D eigenvalue weighted by Gasteiger charge is 2.24. The summed E-state index contributed by atoms with van der Waals surface area (Å²) in [5.74, 6) is 0. The third-order valence-electron chi connectivity index (χ3n) is 3.92. The molecule has 7 heteroatoms. The minimum Gasteiger partial charge on any atom is -0.445 e. The molecule has 0 aliphatic carbocycles. The van der Waals surface area contributed by atoms with E-state index in [0.717, 1.165) is 11.1 Å². The van der Waals surface area contributed by atoms with Crippen molar-refractivity contribution in [2.75, 3.05) is 7.05 Å². The van der Waals surface area contributed by atoms with Gasteiger partial charge in [-0.1, -0.05) is 0 Å². The van der Waals surface area contributed by atoms with Crippen LogP contribution in [0.5, 0.6) is 0 Å². The van der Waals surface area contributed by atoms with Crippen LogP contribution in [0.25, 0.3) is 11.1 Å². The highest BCUT2D eigenvalue weighted by atomic mass is 16.6. The molecule has 2 aromatic rings. The zero-order chi connectivity index (χ0) is 18.6. The predicted octanol–water partition coefficient (Wildman–Crippen LogP) is 4.02. The van der Waals surface area contributed by atoms with Gasteiger partial charge in [-0.15, -0.1) is 0 Å². The summed E-state index contributed by atoms with van der Waals surface area (Å²) in [6, 6.07) is 8.12. The molecule has 0 unspecified atom stereocenters. The number of hydrogen-bond donors (Lipinski definition) is 0. The average Bonchev–Trinajstić information content (AvgIpc) is 2.58. The Balaban J connectivity index is 2.30. The van der Waals surface area contributed by atoms with E-state index in [9.17, 15) is 14.9 Å². The van der Waals surface area contributed by atoms with Crippen molar-refractivity contribution >= 4 is 11.8 Å². The van der Waals surface area contributed by atoms with E-state index in [-0.39, 0.29) is 17.8 Å². The number of carbonyl (C=O) groups excluding carboxylic acids is 1. The fourth-order valence-electron chi connectivity index (χ4n) is 2.14. The molecule has 2 rings (SSSR count). The molecule has 7 nitrogen and oxygen atoms in total. The van der Waals surface area contributed by atoms with E-state index in [0.29, 0.717) is 5.56 Å². The minimum absolute atomic E-state index is 0.0481. The molecule has 1 aromatic heterocycles. The standard InChI is InChI=1S/C18H21N3O4/c1-18(2,3)20(4)17(22)25-12-14-11-15(21(23)24)5-6-16(14)13-7-9-19-10-8-13/h5-11H,12H2,1-4H3. The number of carbonyl (C=O) groups is 1. The van der Waals surface area contributed by atoms with Crippen LogP contribution in [0.4, 0.5) is 10.5 Å². The molecule has 1 heterocycles. The topological polar surface area (TPSA) is 85.6 Å². The molecule has 0 saturated heterocycles. The van der Waals surface area contributed by atoms with E-state index in [1.165, 1.54) is 17.0 Å². The largest absolute Gasteiger partial charge is 0.445 e. The van der Waals surface area contributed by atoms with E-state index in [2.05, 4.69) is 4.98 Å². The fraction of sp³-hybridized carbons (Fsp3) is 0.333. The first-order valence-corrected chi connectivity index (χ1v) is 7.78. The third-order valence-corrected chi connectivity index (χ3v) is 3.92. The van der Waals surface area contributed by atoms with Crippen molar-refractivity contribution in [2.24, 2.45) is 0 Å². The quantitative estimate of drug-likeness (QED) is 0.618. The van der Waals surface area contributed by atoms with Crippen LogP contribution in [0.3, 0.4) is 0 Å². The second kappa shape index (κ2) is 7.29. The SMILES string of the molecule is CN(C(=O)OCc1cc([N+](=O)[O-])ccc1-c1ccncc1)C(C)(C)C. The van der Waals surface area contributed by atoms with Gasteiger partial charge in [0, 0.05) is 42.7 Å². The van der Waals surface area contributed by atoms with E-state index < -0.39 is 11.0 Å². The molecule has 0 saturated carbocycles. The van der Waals surface area contributed by atoms with Gasteiger partial charge in [-0.25, -0.2) is 4.79 Å². The summed E-state index contributed by atoms with van der Waals surface area (Å²) in [4.78, 5) is 28.2. The summed E-state index contributed by atoms with van der Waals surface area (Å²) in [7, 11) is 1.65. The Morgan fingerprint density at radius 2 is 1.88 bits per heavy atom. The van der Waals surface area contributed by atoms with Crippen molar-refractivity contribution in [3.8, 4) is 11.1 Å². The first-order chi connectivity index (χ1) is 11.7. The number of aromatic nitrogens is 1. The Morgan fingerprint density at radius 1 is 1.24 bits per heavy atom. The number of rotatable bonds is 4. The number of amides is 1. The molecule has 1 amide bonds. The fourth-order valence-corrected chi connectivity index (χ4v) is 2.14. The monoisotopic (exact) mass is 343 g/mol. The van der Waals surface area contributed by atoms with Crippen LogP contribution in [0.2, 0.25) is 0 Å². The Kier molecular flexibility index (Phi) is 5.36. The Morgan fingerprint density at radius 3 is 2.44 bits per heavy atom. The normalized spacial score (nSPS) is 11.0. The van der Waals surface area contributed by atoms with Gasteiger partial charge in [0.2, 0.25) is 0 Å². The summed E-state index contributed by atoms with van der Waals surface area (Å²) >= 11 is 0. The van der Waals surface area contributed by atoms with Gasteiger partial charge in [-0.3, -0.25) is 15.1 Å². The van der Waals surface area contributed by atoms with Crippen molar-refractivity contribution in [3.05, 3.63) is 58.4 Å². The summed E-state index contributed by atoms with van der Waals surface area (Å²) in [5.41, 5.74) is 1.75. The van der Waals surface area contributed by atoms with Crippen molar-refractivity contribution in [1.29, 1.82) is 0 Å². The number of ether oxygens (including phenoxy) is 1. The van der Waals surface area contributed by atoms with Gasteiger partial charge in [-0.2, -0.15) is 0 Å². The van der Waals surface area contributed by atoms with Crippen LogP contribution in [0, 0.1) is 10.1 Å². The molecule has 0 N–H and O–H groups in total. The average molecular weight is 343 g/mol. The van der Waals surface area contributed by atoms with Crippen LogP contribution in [0.15, 0.2) is 42.7 Å². The molecule has 0 radical (unpaired) electrons. The third kappa shape index (κ3) is 4.53. The lowest BCUT2D eigenvalue weighted by atomic mass is 10.0. The smallest absolute Gasteiger partial charge is 0.410 e. The lowest BCUT2D eigenvalue weighted by molar-refractivity contribution is -0.384. The zero-order valence-electron chi connectivity index (χ0n) is 14.7. The molecule has 0 aliphatic rings. The van der Waals surface area contributed by atoms with E-state index >= 15 is 0 Å². The molecule has 0 aliphatic heterocycles. The van der Waals surface area contributed by atoms with Gasteiger partial charge in [0.15, 0.2) is 0 Å². The number of hydrogen-bond acceptors (Lipinski definition) is 5. The molecular formula is C18H21N3O4. The maximum atomic E-state index is 12.2. The Labute approximate surface area is 146 Å². The maximum Gasteiger partial charge on any atom is 0.410 e. The van der Waals surface area contributed by atoms with Gasteiger partial charge >= 0.3 is 6.09 Å². The van der Waals surface area contributed by atoms with Gasteiger partial charge < -0.3 is 9.64 Å². The van der Waals surface area contributed by atoms with Crippen LogP contribution < -0.4 is 0 Å². The summed E-state index contributed by atoms with van der Waals surface area (Å²) in [6.45, 7) is 5.62. The molecule has 0 atom stereocenters. The number of pyridine rings is 1. The second-order valence-electron chi connectivity index (χ2n) is 6.62. The lowest BCUT2D eigenvalue weighted by Gasteiger charge is -2.31. The highest BCUT2D eigenvalue weighted by Crippen LogP contribution is 2.28. The van der Waals surface area contributed by atoms with Crippen LogP contribution in [0.1, 0.15) is 26.3 Å². The summed E-state index contributed by atoms with van der Waals surface area (Å²) < 4.78 is 5.36. The maximum absolute atomic E-state index is 12.2. The minimum atomic E-state index is -0.486. The number of benzene rings is 1. The molecule has 132 valence electrons. The molecule has 0 bridgehead atoms. The van der Waals surface area contributed by atoms with E-state index in [4.69, 9.17) is 4.74 Å². The van der Waals surface area contributed by atoms with Gasteiger partial charge in [0.1, 0.15) is 6.61 Å². The highest BCUT2D eigenvalue weighted by molar-refractivity contribution is 5.71. The molecule has 25 heavy (non-hydrogen) atoms. The molecule has 0 fully saturated rings.